The molecule has 1 unspecified atom stereocenters. The largest absolute Gasteiger partial charge is 0.381 e. The number of rotatable bonds is 5. The summed E-state index contributed by atoms with van der Waals surface area (Å²) < 4.78 is 4.03. The number of aromatic nitrogens is 3. The van der Waals surface area contributed by atoms with Gasteiger partial charge in [-0.2, -0.15) is 0 Å². The van der Waals surface area contributed by atoms with Crippen molar-refractivity contribution in [3.8, 4) is 0 Å². The summed E-state index contributed by atoms with van der Waals surface area (Å²) in [7, 11) is 0. The second-order valence-electron chi connectivity index (χ2n) is 6.14. The Balaban J connectivity index is 1.75. The predicted molar refractivity (Wildman–Crippen MR) is 94.5 cm³/mol. The summed E-state index contributed by atoms with van der Waals surface area (Å²) >= 11 is 0. The van der Waals surface area contributed by atoms with Crippen molar-refractivity contribution in [1.82, 2.24) is 14.1 Å². The number of hydrogen-bond donors (Lipinski definition) is 1. The lowest BCUT2D eigenvalue weighted by molar-refractivity contribution is 0.00209. The molecule has 2 aromatic carbocycles. The van der Waals surface area contributed by atoms with Gasteiger partial charge in [0.1, 0.15) is 5.60 Å². The standard InChI is InChI=1S/C20H19N3O/c24-20(14-22-13-11-21-16-22,18-7-2-1-3-8-18)15-23-12-10-17-6-4-5-9-19(17)23/h1-13,16,24H,14-15H2. The molecule has 0 aliphatic heterocycles. The lowest BCUT2D eigenvalue weighted by Gasteiger charge is -2.30. The highest BCUT2D eigenvalue weighted by Crippen LogP contribution is 2.28. The van der Waals surface area contributed by atoms with Crippen LogP contribution in [-0.2, 0) is 18.7 Å². The SMILES string of the molecule is OC(Cn1ccnc1)(Cn1ccc2ccccc21)c1ccccc1. The van der Waals surface area contributed by atoms with Gasteiger partial charge < -0.3 is 14.2 Å². The molecule has 0 aliphatic rings. The molecule has 2 heterocycles. The first-order chi connectivity index (χ1) is 11.7. The van der Waals surface area contributed by atoms with E-state index in [1.165, 1.54) is 5.39 Å². The van der Waals surface area contributed by atoms with E-state index >= 15 is 0 Å². The van der Waals surface area contributed by atoms with Crippen LogP contribution in [0.1, 0.15) is 5.56 Å². The third kappa shape index (κ3) is 2.72. The second-order valence-corrected chi connectivity index (χ2v) is 6.14. The first-order valence-electron chi connectivity index (χ1n) is 8.02. The molecule has 0 saturated heterocycles. The average Bonchev–Trinajstić information content (AvgIpc) is 3.26. The predicted octanol–water partition coefficient (Wildman–Crippen LogP) is 3.43. The first-order valence-corrected chi connectivity index (χ1v) is 8.02. The third-order valence-corrected chi connectivity index (χ3v) is 4.43. The molecule has 0 radical (unpaired) electrons. The fourth-order valence-electron chi connectivity index (χ4n) is 3.22. The molecular weight excluding hydrogens is 298 g/mol. The van der Waals surface area contributed by atoms with Crippen LogP contribution in [-0.4, -0.2) is 19.2 Å². The maximum atomic E-state index is 11.5. The minimum Gasteiger partial charge on any atom is -0.381 e. The van der Waals surface area contributed by atoms with E-state index in [9.17, 15) is 5.11 Å². The lowest BCUT2D eigenvalue weighted by atomic mass is 9.93. The maximum Gasteiger partial charge on any atom is 0.125 e. The quantitative estimate of drug-likeness (QED) is 0.613. The zero-order valence-corrected chi connectivity index (χ0v) is 13.3. The number of hydrogen-bond acceptors (Lipinski definition) is 2. The fourth-order valence-corrected chi connectivity index (χ4v) is 3.22. The van der Waals surface area contributed by atoms with Gasteiger partial charge in [-0.15, -0.1) is 0 Å². The van der Waals surface area contributed by atoms with E-state index in [1.54, 1.807) is 12.5 Å². The number of imidazole rings is 1. The Morgan fingerprint density at radius 3 is 2.46 bits per heavy atom. The molecule has 0 amide bonds. The van der Waals surface area contributed by atoms with Crippen molar-refractivity contribution in [1.29, 1.82) is 0 Å². The Hall–Kier alpha value is -2.85. The summed E-state index contributed by atoms with van der Waals surface area (Å²) in [5, 5.41) is 12.7. The van der Waals surface area contributed by atoms with Gasteiger partial charge in [-0.25, -0.2) is 4.98 Å². The van der Waals surface area contributed by atoms with Crippen molar-refractivity contribution in [3.05, 3.63) is 91.1 Å². The van der Waals surface area contributed by atoms with Crippen molar-refractivity contribution in [3.63, 3.8) is 0 Å². The van der Waals surface area contributed by atoms with Crippen LogP contribution in [0.4, 0.5) is 0 Å². The zero-order chi connectivity index (χ0) is 16.4. The Morgan fingerprint density at radius 1 is 0.875 bits per heavy atom. The van der Waals surface area contributed by atoms with Crippen LogP contribution in [0, 0.1) is 0 Å². The van der Waals surface area contributed by atoms with Gasteiger partial charge in [-0.3, -0.25) is 0 Å². The van der Waals surface area contributed by atoms with Crippen molar-refractivity contribution in [2.75, 3.05) is 0 Å². The Bertz CT molecular complexity index is 928. The van der Waals surface area contributed by atoms with E-state index in [1.807, 2.05) is 59.4 Å². The molecule has 4 heteroatoms. The molecule has 4 nitrogen and oxygen atoms in total. The molecule has 24 heavy (non-hydrogen) atoms. The number of fused-ring (bicyclic) bond motifs is 1. The smallest absolute Gasteiger partial charge is 0.125 e. The molecule has 4 aromatic rings. The molecule has 0 aliphatic carbocycles. The van der Waals surface area contributed by atoms with Crippen molar-refractivity contribution in [2.45, 2.75) is 18.7 Å². The highest BCUT2D eigenvalue weighted by Gasteiger charge is 2.30. The van der Waals surface area contributed by atoms with Gasteiger partial charge in [0.05, 0.1) is 19.4 Å². The minimum absolute atomic E-state index is 0.448. The van der Waals surface area contributed by atoms with Crippen LogP contribution in [0.3, 0.4) is 0 Å². The van der Waals surface area contributed by atoms with Gasteiger partial charge in [0, 0.05) is 24.1 Å². The minimum atomic E-state index is -1.02. The monoisotopic (exact) mass is 317 g/mol. The number of aliphatic hydroxyl groups is 1. The fraction of sp³-hybridized carbons (Fsp3) is 0.150. The first kappa shape index (κ1) is 14.7. The van der Waals surface area contributed by atoms with E-state index in [4.69, 9.17) is 0 Å². The summed E-state index contributed by atoms with van der Waals surface area (Å²) in [6.45, 7) is 0.923. The van der Waals surface area contributed by atoms with Crippen LogP contribution in [0.5, 0.6) is 0 Å². The van der Waals surface area contributed by atoms with Gasteiger partial charge in [0.25, 0.3) is 0 Å². The van der Waals surface area contributed by atoms with E-state index in [0.29, 0.717) is 13.1 Å². The molecule has 4 rings (SSSR count). The number of benzene rings is 2. The Kier molecular flexibility index (Phi) is 3.67. The van der Waals surface area contributed by atoms with E-state index in [-0.39, 0.29) is 0 Å². The van der Waals surface area contributed by atoms with Crippen molar-refractivity contribution < 1.29 is 5.11 Å². The molecule has 0 saturated carbocycles. The van der Waals surface area contributed by atoms with E-state index < -0.39 is 5.60 Å². The second kappa shape index (κ2) is 5.98. The van der Waals surface area contributed by atoms with Crippen LogP contribution in [0.15, 0.2) is 85.6 Å². The number of para-hydroxylation sites is 1. The molecule has 120 valence electrons. The average molecular weight is 317 g/mol. The van der Waals surface area contributed by atoms with Crippen molar-refractivity contribution >= 4 is 10.9 Å². The summed E-state index contributed by atoms with van der Waals surface area (Å²) in [5.41, 5.74) is 0.998. The van der Waals surface area contributed by atoms with Gasteiger partial charge in [-0.05, 0) is 23.1 Å². The Morgan fingerprint density at radius 2 is 1.67 bits per heavy atom. The Labute approximate surface area is 140 Å². The van der Waals surface area contributed by atoms with Crippen LogP contribution in [0.25, 0.3) is 10.9 Å². The molecule has 2 aromatic heterocycles. The molecule has 1 N–H and O–H groups in total. The number of nitrogens with zero attached hydrogens (tertiary/aromatic N) is 3. The van der Waals surface area contributed by atoms with Crippen LogP contribution in [0.2, 0.25) is 0 Å². The lowest BCUT2D eigenvalue weighted by Crippen LogP contribution is -2.35. The highest BCUT2D eigenvalue weighted by atomic mass is 16.3. The maximum absolute atomic E-state index is 11.5. The van der Waals surface area contributed by atoms with Gasteiger partial charge in [-0.1, -0.05) is 48.5 Å². The van der Waals surface area contributed by atoms with Gasteiger partial charge in [0.15, 0.2) is 0 Å². The normalized spacial score (nSPS) is 13.9. The molecule has 0 bridgehead atoms. The zero-order valence-electron chi connectivity index (χ0n) is 13.3. The molecule has 0 fully saturated rings. The molecule has 0 spiro atoms. The van der Waals surface area contributed by atoms with Crippen LogP contribution >= 0.6 is 0 Å². The summed E-state index contributed by atoms with van der Waals surface area (Å²) in [4.78, 5) is 4.09. The summed E-state index contributed by atoms with van der Waals surface area (Å²) in [6.07, 6.45) is 7.38. The van der Waals surface area contributed by atoms with Crippen molar-refractivity contribution in [2.24, 2.45) is 0 Å². The topological polar surface area (TPSA) is 43.0 Å². The summed E-state index contributed by atoms with van der Waals surface area (Å²) in [5.74, 6) is 0. The molecular formula is C20H19N3O. The van der Waals surface area contributed by atoms with Gasteiger partial charge >= 0.3 is 0 Å². The van der Waals surface area contributed by atoms with E-state index in [2.05, 4.69) is 27.8 Å². The van der Waals surface area contributed by atoms with Gasteiger partial charge in [0.2, 0.25) is 0 Å². The van der Waals surface area contributed by atoms with Crippen LogP contribution < -0.4 is 0 Å². The summed E-state index contributed by atoms with van der Waals surface area (Å²) in [6, 6.07) is 20.1. The molecule has 1 atom stereocenters. The van der Waals surface area contributed by atoms with E-state index in [0.717, 1.165) is 11.1 Å². The third-order valence-electron chi connectivity index (χ3n) is 4.43. The highest BCUT2D eigenvalue weighted by molar-refractivity contribution is 5.79.